The molecule has 1 aliphatic heterocycles. The third-order valence-corrected chi connectivity index (χ3v) is 8.58. The molecule has 3 saturated carbocycles. The molecule has 2 spiro atoms. The second-order valence-corrected chi connectivity index (χ2v) is 9.19. The van der Waals surface area contributed by atoms with E-state index in [1.807, 2.05) is 0 Å². The van der Waals surface area contributed by atoms with Crippen molar-refractivity contribution in [1.82, 2.24) is 0 Å². The van der Waals surface area contributed by atoms with Gasteiger partial charge in [-0.25, -0.2) is 0 Å². The number of carbonyl (C=O) groups is 1. The van der Waals surface area contributed by atoms with Crippen LogP contribution in [0.4, 0.5) is 0 Å². The van der Waals surface area contributed by atoms with Gasteiger partial charge in [0.05, 0.1) is 11.5 Å². The molecule has 1 saturated heterocycles. The van der Waals surface area contributed by atoms with Crippen LogP contribution in [-0.2, 0) is 9.53 Å². The molecule has 120 valence electrons. The lowest BCUT2D eigenvalue weighted by atomic mass is 9.56. The number of ketones is 1. The molecule has 0 aromatic carbocycles. The molecule has 4 fully saturated rings. The highest BCUT2D eigenvalue weighted by Crippen LogP contribution is 2.85. The molecule has 0 aromatic heterocycles. The van der Waals surface area contributed by atoms with Crippen molar-refractivity contribution in [2.45, 2.75) is 71.2 Å². The molecule has 5 rings (SSSR count). The van der Waals surface area contributed by atoms with Gasteiger partial charge in [-0.1, -0.05) is 32.4 Å². The Morgan fingerprint density at radius 3 is 2.73 bits per heavy atom. The first-order chi connectivity index (χ1) is 10.2. The van der Waals surface area contributed by atoms with Gasteiger partial charge in [0.25, 0.3) is 0 Å². The van der Waals surface area contributed by atoms with Gasteiger partial charge in [-0.05, 0) is 43.4 Å². The van der Waals surface area contributed by atoms with Crippen molar-refractivity contribution < 1.29 is 14.6 Å². The smallest absolute Gasteiger partial charge is 0.144 e. The van der Waals surface area contributed by atoms with Gasteiger partial charge in [-0.15, -0.1) is 0 Å². The highest BCUT2D eigenvalue weighted by atomic mass is 16.6. The highest BCUT2D eigenvalue weighted by Gasteiger charge is 2.90. The van der Waals surface area contributed by atoms with Crippen LogP contribution in [0.1, 0.15) is 53.4 Å². The van der Waals surface area contributed by atoms with Crippen LogP contribution in [0.2, 0.25) is 0 Å². The summed E-state index contributed by atoms with van der Waals surface area (Å²) in [7, 11) is 0. The summed E-state index contributed by atoms with van der Waals surface area (Å²) in [5, 5.41) is 10.3. The first-order valence-electron chi connectivity index (χ1n) is 8.84. The summed E-state index contributed by atoms with van der Waals surface area (Å²) in [6.07, 6.45) is 5.60. The summed E-state index contributed by atoms with van der Waals surface area (Å²) in [6, 6.07) is 0. The van der Waals surface area contributed by atoms with Crippen LogP contribution >= 0.6 is 0 Å². The van der Waals surface area contributed by atoms with Gasteiger partial charge in [0.2, 0.25) is 0 Å². The van der Waals surface area contributed by atoms with E-state index in [4.69, 9.17) is 4.74 Å². The quantitative estimate of drug-likeness (QED) is 0.598. The van der Waals surface area contributed by atoms with Crippen molar-refractivity contribution in [3.05, 3.63) is 11.6 Å². The van der Waals surface area contributed by atoms with Gasteiger partial charge in [-0.3, -0.25) is 4.79 Å². The molecule has 1 N–H and O–H groups in total. The molecule has 3 heteroatoms. The van der Waals surface area contributed by atoms with Gasteiger partial charge < -0.3 is 9.84 Å². The maximum absolute atomic E-state index is 13.2. The minimum absolute atomic E-state index is 0.0138. The lowest BCUT2D eigenvalue weighted by molar-refractivity contribution is -0.126. The number of carbonyl (C=O) groups excluding carboxylic acids is 1. The summed E-state index contributed by atoms with van der Waals surface area (Å²) in [6.45, 7) is 8.94. The van der Waals surface area contributed by atoms with E-state index in [-0.39, 0.29) is 34.1 Å². The molecule has 0 bridgehead atoms. The summed E-state index contributed by atoms with van der Waals surface area (Å²) >= 11 is 0. The van der Waals surface area contributed by atoms with Crippen molar-refractivity contribution >= 4 is 5.78 Å². The molecule has 0 aromatic rings. The van der Waals surface area contributed by atoms with E-state index in [1.165, 1.54) is 5.57 Å². The maximum Gasteiger partial charge on any atom is 0.144 e. The fourth-order valence-electron chi connectivity index (χ4n) is 7.69. The number of rotatable bonds is 1. The Labute approximate surface area is 132 Å². The number of ether oxygens (including phenoxy) is 1. The topological polar surface area (TPSA) is 49.8 Å². The van der Waals surface area contributed by atoms with Crippen molar-refractivity contribution in [2.75, 3.05) is 0 Å². The molecule has 5 aliphatic rings. The van der Waals surface area contributed by atoms with Gasteiger partial charge in [0, 0.05) is 11.8 Å². The SMILES string of the molecule is CC(C)C1=CC[C@]23C[C@@H]4C[C@@H](O)[C@H]5O[C@@]45[C@@]2(C)CC(=O)[C@]13C. The Morgan fingerprint density at radius 2 is 2.09 bits per heavy atom. The van der Waals surface area contributed by atoms with E-state index in [0.717, 1.165) is 19.3 Å². The molecule has 3 nitrogen and oxygen atoms in total. The summed E-state index contributed by atoms with van der Waals surface area (Å²) in [5.74, 6) is 1.27. The second kappa shape index (κ2) is 3.39. The van der Waals surface area contributed by atoms with Crippen LogP contribution in [-0.4, -0.2) is 28.7 Å². The number of hydrogen-bond donors (Lipinski definition) is 1. The first-order valence-corrected chi connectivity index (χ1v) is 8.84. The van der Waals surface area contributed by atoms with Crippen LogP contribution in [0.25, 0.3) is 0 Å². The molecule has 22 heavy (non-hydrogen) atoms. The molecule has 7 atom stereocenters. The predicted molar refractivity (Wildman–Crippen MR) is 82.1 cm³/mol. The predicted octanol–water partition coefficient (Wildman–Crippen LogP) is 2.87. The fraction of sp³-hybridized carbons (Fsp3) is 0.842. The molecule has 0 amide bonds. The third kappa shape index (κ3) is 0.982. The van der Waals surface area contributed by atoms with Crippen LogP contribution in [0.15, 0.2) is 11.6 Å². The molecule has 4 aliphatic carbocycles. The van der Waals surface area contributed by atoms with E-state index in [0.29, 0.717) is 24.0 Å². The Hall–Kier alpha value is -0.670. The standard InChI is InChI=1S/C19H26O3/c1-10(2)12-5-6-18-8-11-7-13(20)15-19(11,22-15)16(18,3)9-14(21)17(12,18)4/h5,10-11,13,15,20H,6-9H2,1-4H3/t11-,13+,15+,16-,17-,18-,19-/m0/s1. The lowest BCUT2D eigenvalue weighted by Gasteiger charge is -2.45. The number of aliphatic hydroxyl groups excluding tert-OH is 1. The van der Waals surface area contributed by atoms with Gasteiger partial charge >= 0.3 is 0 Å². The lowest BCUT2D eigenvalue weighted by Crippen LogP contribution is -2.46. The van der Waals surface area contributed by atoms with Gasteiger partial charge in [-0.2, -0.15) is 0 Å². The number of aliphatic hydroxyl groups is 1. The molecule has 0 radical (unpaired) electrons. The number of hydrogen-bond acceptors (Lipinski definition) is 3. The minimum atomic E-state index is -0.319. The normalized spacial score (nSPS) is 61.1. The second-order valence-electron chi connectivity index (χ2n) is 9.19. The van der Waals surface area contributed by atoms with Gasteiger partial charge in [0.1, 0.15) is 17.5 Å². The Balaban J connectivity index is 1.70. The monoisotopic (exact) mass is 302 g/mol. The summed E-state index contributed by atoms with van der Waals surface area (Å²) in [5.41, 5.74) is 0.758. The van der Waals surface area contributed by atoms with Crippen molar-refractivity contribution in [1.29, 1.82) is 0 Å². The van der Waals surface area contributed by atoms with Crippen LogP contribution < -0.4 is 0 Å². The summed E-state index contributed by atoms with van der Waals surface area (Å²) < 4.78 is 6.16. The number of allylic oxidation sites excluding steroid dienone is 2. The fourth-order valence-corrected chi connectivity index (χ4v) is 7.69. The van der Waals surface area contributed by atoms with E-state index < -0.39 is 0 Å². The largest absolute Gasteiger partial charge is 0.390 e. The average molecular weight is 302 g/mol. The first kappa shape index (κ1) is 13.7. The van der Waals surface area contributed by atoms with Crippen LogP contribution in [0, 0.1) is 28.1 Å². The van der Waals surface area contributed by atoms with Crippen LogP contribution in [0.5, 0.6) is 0 Å². The Morgan fingerprint density at radius 1 is 1.36 bits per heavy atom. The van der Waals surface area contributed by atoms with Crippen LogP contribution in [0.3, 0.4) is 0 Å². The number of Topliss-reactive ketones (excluding diaryl/α,β-unsaturated/α-hetero) is 1. The van der Waals surface area contributed by atoms with E-state index >= 15 is 0 Å². The molecular weight excluding hydrogens is 276 g/mol. The maximum atomic E-state index is 13.2. The molecule has 0 unspecified atom stereocenters. The van der Waals surface area contributed by atoms with Gasteiger partial charge in [0.15, 0.2) is 0 Å². The minimum Gasteiger partial charge on any atom is -0.390 e. The Bertz CT molecular complexity index is 637. The zero-order chi connectivity index (χ0) is 15.7. The van der Waals surface area contributed by atoms with Crippen molar-refractivity contribution in [3.8, 4) is 0 Å². The summed E-state index contributed by atoms with van der Waals surface area (Å²) in [4.78, 5) is 13.2. The third-order valence-electron chi connectivity index (χ3n) is 8.58. The van der Waals surface area contributed by atoms with E-state index in [9.17, 15) is 9.90 Å². The zero-order valence-corrected chi connectivity index (χ0v) is 14.0. The average Bonchev–Trinajstić information content (AvgIpc) is 2.93. The molecule has 1 heterocycles. The zero-order valence-electron chi connectivity index (χ0n) is 14.0. The van der Waals surface area contributed by atoms with Crippen molar-refractivity contribution in [2.24, 2.45) is 28.1 Å². The van der Waals surface area contributed by atoms with E-state index in [2.05, 4.69) is 33.8 Å². The highest BCUT2D eigenvalue weighted by molar-refractivity contribution is 5.94. The van der Waals surface area contributed by atoms with E-state index in [1.54, 1.807) is 0 Å². The number of epoxide rings is 1. The van der Waals surface area contributed by atoms with Crippen molar-refractivity contribution in [3.63, 3.8) is 0 Å². The Kier molecular flexibility index (Phi) is 2.12. The molecular formula is C19H26O3.